The molecule has 0 saturated carbocycles. The summed E-state index contributed by atoms with van der Waals surface area (Å²) in [5.74, 6) is 0.553. The molecule has 2 aromatic heterocycles. The lowest BCUT2D eigenvalue weighted by atomic mass is 10.1. The first kappa shape index (κ1) is 17.3. The van der Waals surface area contributed by atoms with Gasteiger partial charge < -0.3 is 13.8 Å². The average molecular weight is 441 g/mol. The van der Waals surface area contributed by atoms with Crippen LogP contribution in [-0.2, 0) is 17.9 Å². The molecule has 1 aliphatic rings. The third kappa shape index (κ3) is 3.04. The highest BCUT2D eigenvalue weighted by atomic mass is 79.9. The van der Waals surface area contributed by atoms with Crippen LogP contribution >= 0.6 is 15.9 Å². The third-order valence-corrected chi connectivity index (χ3v) is 5.24. The minimum Gasteiger partial charge on any atom is -0.365 e. The van der Waals surface area contributed by atoms with Gasteiger partial charge in [0.15, 0.2) is 5.69 Å². The maximum absolute atomic E-state index is 14.1. The highest BCUT2D eigenvalue weighted by molar-refractivity contribution is 9.10. The second-order valence-electron chi connectivity index (χ2n) is 6.44. The van der Waals surface area contributed by atoms with Crippen LogP contribution in [0.1, 0.15) is 17.4 Å². The lowest BCUT2D eigenvalue weighted by Crippen LogP contribution is -2.21. The zero-order valence-corrected chi connectivity index (χ0v) is 16.1. The van der Waals surface area contributed by atoms with Crippen LogP contribution in [0.4, 0.5) is 4.39 Å². The second kappa shape index (κ2) is 6.96. The van der Waals surface area contributed by atoms with E-state index >= 15 is 0 Å². The van der Waals surface area contributed by atoms with Crippen LogP contribution in [0, 0.1) is 5.82 Å². The number of rotatable bonds is 3. The maximum atomic E-state index is 14.1. The number of nitrogens with zero attached hydrogens (tertiary/aromatic N) is 4. The fourth-order valence-corrected chi connectivity index (χ4v) is 3.53. The third-order valence-electron chi connectivity index (χ3n) is 4.71. The smallest absolute Gasteiger partial charge is 0.278 e. The summed E-state index contributed by atoms with van der Waals surface area (Å²) >= 11 is 3.41. The van der Waals surface area contributed by atoms with Gasteiger partial charge >= 0.3 is 0 Å². The van der Waals surface area contributed by atoms with E-state index in [1.165, 1.54) is 6.07 Å². The van der Waals surface area contributed by atoms with Crippen molar-refractivity contribution in [3.8, 4) is 23.0 Å². The number of hydrogen-bond donors (Lipinski definition) is 0. The summed E-state index contributed by atoms with van der Waals surface area (Å²) in [5.41, 5.74) is 2.81. The summed E-state index contributed by atoms with van der Waals surface area (Å²) in [6.45, 7) is 0.751. The monoisotopic (exact) mass is 440 g/mol. The summed E-state index contributed by atoms with van der Waals surface area (Å²) in [4.78, 5) is 8.89. The van der Waals surface area contributed by atoms with Crippen LogP contribution in [0.15, 0.2) is 63.9 Å². The number of imidazole rings is 1. The van der Waals surface area contributed by atoms with E-state index in [9.17, 15) is 4.39 Å². The van der Waals surface area contributed by atoms with Gasteiger partial charge in [0.05, 0.1) is 25.2 Å². The molecular formula is C20H14BrFN4O2. The first-order valence-corrected chi connectivity index (χ1v) is 9.48. The quantitative estimate of drug-likeness (QED) is 0.458. The van der Waals surface area contributed by atoms with Gasteiger partial charge in [-0.2, -0.15) is 4.98 Å². The molecule has 0 N–H and O–H groups in total. The Kier molecular flexibility index (Phi) is 4.29. The zero-order valence-electron chi connectivity index (χ0n) is 14.5. The Hall–Kier alpha value is -2.84. The Morgan fingerprint density at radius 1 is 1.11 bits per heavy atom. The van der Waals surface area contributed by atoms with Crippen molar-refractivity contribution in [2.45, 2.75) is 19.3 Å². The standard InChI is InChI=1S/C20H14BrFN4O2/c21-13-7-5-12(6-8-13)19-24-20(28-25-19)18-16-10-27-17(9-26(16)11-23-18)14-3-1-2-4-15(14)22/h1-8,11,17H,9-10H2. The average Bonchev–Trinajstić information content (AvgIpc) is 3.35. The molecule has 5 rings (SSSR count). The van der Waals surface area contributed by atoms with Crippen molar-refractivity contribution in [1.29, 1.82) is 0 Å². The molecule has 1 aliphatic heterocycles. The van der Waals surface area contributed by atoms with Gasteiger partial charge in [0.1, 0.15) is 11.9 Å². The first-order valence-electron chi connectivity index (χ1n) is 8.69. The van der Waals surface area contributed by atoms with E-state index in [1.54, 1.807) is 24.5 Å². The lowest BCUT2D eigenvalue weighted by Gasteiger charge is -2.25. The number of halogens is 2. The van der Waals surface area contributed by atoms with Crippen molar-refractivity contribution in [2.24, 2.45) is 0 Å². The minimum atomic E-state index is -0.364. The van der Waals surface area contributed by atoms with E-state index in [1.807, 2.05) is 28.8 Å². The van der Waals surface area contributed by atoms with Crippen molar-refractivity contribution >= 4 is 15.9 Å². The number of hydrogen-bond acceptors (Lipinski definition) is 5. The van der Waals surface area contributed by atoms with Crippen LogP contribution in [0.25, 0.3) is 23.0 Å². The summed E-state index contributed by atoms with van der Waals surface area (Å²) in [6.07, 6.45) is 1.33. The molecule has 6 nitrogen and oxygen atoms in total. The summed E-state index contributed by atoms with van der Waals surface area (Å²) < 4.78 is 28.3. The molecule has 0 fully saturated rings. The van der Waals surface area contributed by atoms with Crippen molar-refractivity contribution in [3.05, 3.63) is 76.4 Å². The summed E-state index contributed by atoms with van der Waals surface area (Å²) in [5, 5.41) is 4.05. The van der Waals surface area contributed by atoms with E-state index in [4.69, 9.17) is 9.26 Å². The molecule has 140 valence electrons. The number of fused-ring (bicyclic) bond motifs is 1. The second-order valence-corrected chi connectivity index (χ2v) is 7.36. The number of aromatic nitrogens is 4. The van der Waals surface area contributed by atoms with Gasteiger partial charge in [-0.05, 0) is 30.3 Å². The lowest BCUT2D eigenvalue weighted by molar-refractivity contribution is 0.00126. The van der Waals surface area contributed by atoms with E-state index in [0.717, 1.165) is 15.7 Å². The summed E-state index contributed by atoms with van der Waals surface area (Å²) in [6, 6.07) is 14.3. The van der Waals surface area contributed by atoms with Gasteiger partial charge in [0, 0.05) is 15.6 Å². The van der Waals surface area contributed by atoms with E-state index in [0.29, 0.717) is 29.5 Å². The predicted molar refractivity (Wildman–Crippen MR) is 103 cm³/mol. The molecule has 0 amide bonds. The minimum absolute atomic E-state index is 0.271. The Labute approximate surface area is 168 Å². The molecule has 0 aliphatic carbocycles. The Morgan fingerprint density at radius 2 is 1.93 bits per heavy atom. The normalized spacial score (nSPS) is 16.1. The van der Waals surface area contributed by atoms with Crippen molar-refractivity contribution < 1.29 is 13.7 Å². The largest absolute Gasteiger partial charge is 0.365 e. The van der Waals surface area contributed by atoms with Gasteiger partial charge in [-0.25, -0.2) is 9.37 Å². The van der Waals surface area contributed by atoms with Crippen molar-refractivity contribution in [1.82, 2.24) is 19.7 Å². The highest BCUT2D eigenvalue weighted by Gasteiger charge is 2.27. The fraction of sp³-hybridized carbons (Fsp3) is 0.150. The van der Waals surface area contributed by atoms with E-state index in [-0.39, 0.29) is 18.5 Å². The van der Waals surface area contributed by atoms with Crippen LogP contribution in [-0.4, -0.2) is 19.7 Å². The molecular weight excluding hydrogens is 427 g/mol. The van der Waals surface area contributed by atoms with Gasteiger partial charge in [0.2, 0.25) is 5.82 Å². The Morgan fingerprint density at radius 3 is 2.75 bits per heavy atom. The highest BCUT2D eigenvalue weighted by Crippen LogP contribution is 2.32. The van der Waals surface area contributed by atoms with E-state index in [2.05, 4.69) is 31.1 Å². The SMILES string of the molecule is Fc1ccccc1C1Cn2cnc(-c3nc(-c4ccc(Br)cc4)no3)c2CO1. The van der Waals surface area contributed by atoms with Gasteiger partial charge in [-0.1, -0.05) is 39.3 Å². The van der Waals surface area contributed by atoms with Crippen LogP contribution in [0.5, 0.6) is 0 Å². The molecule has 8 heteroatoms. The topological polar surface area (TPSA) is 66.0 Å². The molecule has 0 radical (unpaired) electrons. The molecule has 28 heavy (non-hydrogen) atoms. The number of benzene rings is 2. The molecule has 0 spiro atoms. The zero-order chi connectivity index (χ0) is 19.1. The molecule has 4 aromatic rings. The molecule has 1 unspecified atom stereocenters. The predicted octanol–water partition coefficient (Wildman–Crippen LogP) is 4.77. The Bertz CT molecular complexity index is 1140. The number of ether oxygens (including phenoxy) is 1. The van der Waals surface area contributed by atoms with E-state index < -0.39 is 0 Å². The molecule has 3 heterocycles. The van der Waals surface area contributed by atoms with Gasteiger partial charge in [0.25, 0.3) is 5.89 Å². The van der Waals surface area contributed by atoms with Crippen LogP contribution < -0.4 is 0 Å². The van der Waals surface area contributed by atoms with Crippen LogP contribution in [0.3, 0.4) is 0 Å². The van der Waals surface area contributed by atoms with Crippen molar-refractivity contribution in [2.75, 3.05) is 0 Å². The maximum Gasteiger partial charge on any atom is 0.278 e. The van der Waals surface area contributed by atoms with Crippen molar-refractivity contribution in [3.63, 3.8) is 0 Å². The molecule has 2 aromatic carbocycles. The van der Waals surface area contributed by atoms with Gasteiger partial charge in [-0.3, -0.25) is 0 Å². The molecule has 1 atom stereocenters. The molecule has 0 saturated heterocycles. The van der Waals surface area contributed by atoms with Gasteiger partial charge in [-0.15, -0.1) is 0 Å². The fourth-order valence-electron chi connectivity index (χ4n) is 3.27. The summed E-state index contributed by atoms with van der Waals surface area (Å²) in [7, 11) is 0. The Balaban J connectivity index is 1.43. The molecule has 0 bridgehead atoms. The van der Waals surface area contributed by atoms with Crippen LogP contribution in [0.2, 0.25) is 0 Å². The first-order chi connectivity index (χ1) is 13.7.